The minimum atomic E-state index is 0.0315. The monoisotopic (exact) mass is 322 g/mol. The Kier molecular flexibility index (Phi) is 3.66. The third-order valence-electron chi connectivity index (χ3n) is 3.47. The molecule has 1 fully saturated rings. The van der Waals surface area contributed by atoms with Crippen molar-refractivity contribution in [2.24, 2.45) is 0 Å². The van der Waals surface area contributed by atoms with Crippen molar-refractivity contribution < 1.29 is 9.53 Å². The zero-order valence-corrected chi connectivity index (χ0v) is 12.1. The van der Waals surface area contributed by atoms with Gasteiger partial charge < -0.3 is 4.74 Å². The Hall–Kier alpha value is -1.20. The number of Topliss-reactive ketones (excluding diaryl/α,β-unsaturated/α-hetero) is 1. The maximum Gasteiger partial charge on any atom is 0.173 e. The fourth-order valence-corrected chi connectivity index (χ4v) is 2.77. The van der Waals surface area contributed by atoms with E-state index in [2.05, 4.69) is 21.0 Å². The van der Waals surface area contributed by atoms with Crippen LogP contribution in [0.25, 0.3) is 10.9 Å². The summed E-state index contributed by atoms with van der Waals surface area (Å²) in [5.74, 6) is 0.0866. The van der Waals surface area contributed by atoms with Gasteiger partial charge in [0.25, 0.3) is 0 Å². The SMILES string of the molecule is O=C(CBr)c1ccc2c(cnn2C2CCCCO2)c1. The van der Waals surface area contributed by atoms with Crippen molar-refractivity contribution in [3.05, 3.63) is 30.0 Å². The van der Waals surface area contributed by atoms with Crippen molar-refractivity contribution in [3.63, 3.8) is 0 Å². The van der Waals surface area contributed by atoms with Crippen molar-refractivity contribution in [2.45, 2.75) is 25.5 Å². The van der Waals surface area contributed by atoms with E-state index in [1.807, 2.05) is 22.9 Å². The highest BCUT2D eigenvalue weighted by Crippen LogP contribution is 2.26. The molecule has 0 radical (unpaired) electrons. The van der Waals surface area contributed by atoms with Crippen molar-refractivity contribution in [1.82, 2.24) is 9.78 Å². The Morgan fingerprint density at radius 2 is 2.37 bits per heavy atom. The molecular weight excluding hydrogens is 308 g/mol. The van der Waals surface area contributed by atoms with Crippen LogP contribution in [-0.4, -0.2) is 27.5 Å². The molecule has 1 atom stereocenters. The topological polar surface area (TPSA) is 44.1 Å². The minimum absolute atomic E-state index is 0.0315. The van der Waals surface area contributed by atoms with Gasteiger partial charge in [-0.05, 0) is 37.5 Å². The highest BCUT2D eigenvalue weighted by Gasteiger charge is 2.18. The van der Waals surface area contributed by atoms with E-state index in [9.17, 15) is 4.79 Å². The largest absolute Gasteiger partial charge is 0.356 e. The number of rotatable bonds is 3. The van der Waals surface area contributed by atoms with Crippen LogP contribution in [0.5, 0.6) is 0 Å². The summed E-state index contributed by atoms with van der Waals surface area (Å²) in [6.45, 7) is 0.798. The van der Waals surface area contributed by atoms with E-state index in [-0.39, 0.29) is 12.0 Å². The Morgan fingerprint density at radius 3 is 3.11 bits per heavy atom. The minimum Gasteiger partial charge on any atom is -0.356 e. The lowest BCUT2D eigenvalue weighted by Crippen LogP contribution is -2.18. The van der Waals surface area contributed by atoms with Crippen molar-refractivity contribution in [1.29, 1.82) is 0 Å². The summed E-state index contributed by atoms with van der Waals surface area (Å²) in [5.41, 5.74) is 1.74. The molecule has 100 valence electrons. The Morgan fingerprint density at radius 1 is 1.47 bits per heavy atom. The van der Waals surface area contributed by atoms with E-state index in [0.717, 1.165) is 30.4 Å². The molecule has 0 saturated carbocycles. The van der Waals surface area contributed by atoms with Crippen LogP contribution >= 0.6 is 15.9 Å². The van der Waals surface area contributed by atoms with Crippen LogP contribution in [-0.2, 0) is 4.74 Å². The van der Waals surface area contributed by atoms with Crippen molar-refractivity contribution in [3.8, 4) is 0 Å². The van der Waals surface area contributed by atoms with Gasteiger partial charge in [0.1, 0.15) is 0 Å². The van der Waals surface area contributed by atoms with Gasteiger partial charge in [-0.1, -0.05) is 15.9 Å². The Bertz CT molecular complexity index is 603. The number of fused-ring (bicyclic) bond motifs is 1. The van der Waals surface area contributed by atoms with Crippen LogP contribution in [0, 0.1) is 0 Å². The molecule has 19 heavy (non-hydrogen) atoms. The number of alkyl halides is 1. The van der Waals surface area contributed by atoms with E-state index < -0.39 is 0 Å². The van der Waals surface area contributed by atoms with Crippen LogP contribution in [0.2, 0.25) is 0 Å². The zero-order chi connectivity index (χ0) is 13.2. The number of nitrogens with zero attached hydrogens (tertiary/aromatic N) is 2. The van der Waals surface area contributed by atoms with Gasteiger partial charge in [-0.3, -0.25) is 4.79 Å². The molecule has 1 aromatic heterocycles. The van der Waals surface area contributed by atoms with Crippen LogP contribution in [0.1, 0.15) is 35.8 Å². The summed E-state index contributed by atoms with van der Waals surface area (Å²) in [6.07, 6.45) is 5.13. The van der Waals surface area contributed by atoms with Gasteiger partial charge in [-0.2, -0.15) is 5.10 Å². The first-order valence-electron chi connectivity index (χ1n) is 6.47. The number of ether oxygens (including phenoxy) is 1. The van der Waals surface area contributed by atoms with Gasteiger partial charge in [-0.25, -0.2) is 4.68 Å². The number of ketones is 1. The molecule has 1 aliphatic heterocycles. The second-order valence-electron chi connectivity index (χ2n) is 4.74. The fourth-order valence-electron chi connectivity index (χ4n) is 2.45. The molecule has 0 amide bonds. The average molecular weight is 323 g/mol. The molecule has 2 aromatic rings. The van der Waals surface area contributed by atoms with E-state index in [1.54, 1.807) is 6.20 Å². The Labute approximate surface area is 119 Å². The van der Waals surface area contributed by atoms with E-state index in [1.165, 1.54) is 6.42 Å². The predicted molar refractivity (Wildman–Crippen MR) is 76.7 cm³/mol. The van der Waals surface area contributed by atoms with E-state index >= 15 is 0 Å². The normalized spacial score (nSPS) is 19.7. The van der Waals surface area contributed by atoms with E-state index in [0.29, 0.717) is 10.9 Å². The highest BCUT2D eigenvalue weighted by molar-refractivity contribution is 9.09. The summed E-state index contributed by atoms with van der Waals surface area (Å²) in [6, 6.07) is 5.70. The lowest BCUT2D eigenvalue weighted by atomic mass is 10.1. The first-order valence-corrected chi connectivity index (χ1v) is 7.60. The molecule has 2 heterocycles. The lowest BCUT2D eigenvalue weighted by Gasteiger charge is -2.23. The van der Waals surface area contributed by atoms with Crippen molar-refractivity contribution in [2.75, 3.05) is 11.9 Å². The van der Waals surface area contributed by atoms with Gasteiger partial charge in [0.05, 0.1) is 17.0 Å². The average Bonchev–Trinajstić information content (AvgIpc) is 2.90. The molecule has 5 heteroatoms. The number of benzene rings is 1. The van der Waals surface area contributed by atoms with Crippen molar-refractivity contribution >= 4 is 32.6 Å². The predicted octanol–water partition coefficient (Wildman–Crippen LogP) is 3.31. The number of carbonyl (C=O) groups excluding carboxylic acids is 1. The first-order chi connectivity index (χ1) is 9.29. The molecule has 3 rings (SSSR count). The van der Waals surface area contributed by atoms with Gasteiger partial charge in [0.2, 0.25) is 0 Å². The van der Waals surface area contributed by atoms with E-state index in [4.69, 9.17) is 4.74 Å². The number of halogens is 1. The van der Waals surface area contributed by atoms with Gasteiger partial charge in [0.15, 0.2) is 12.0 Å². The van der Waals surface area contributed by atoms with Gasteiger partial charge in [0, 0.05) is 17.6 Å². The summed E-state index contributed by atoms with van der Waals surface area (Å²) in [7, 11) is 0. The number of hydrogen-bond donors (Lipinski definition) is 0. The number of aromatic nitrogens is 2. The maximum atomic E-state index is 11.7. The van der Waals surface area contributed by atoms with Gasteiger partial charge in [-0.15, -0.1) is 0 Å². The van der Waals surface area contributed by atoms with Crippen LogP contribution in [0.15, 0.2) is 24.4 Å². The fraction of sp³-hybridized carbons (Fsp3) is 0.429. The molecule has 0 spiro atoms. The third-order valence-corrected chi connectivity index (χ3v) is 3.98. The number of carbonyl (C=O) groups is 1. The van der Waals surface area contributed by atoms with Crippen LogP contribution in [0.3, 0.4) is 0 Å². The third kappa shape index (κ3) is 2.44. The summed E-state index contributed by atoms with van der Waals surface area (Å²) >= 11 is 3.19. The lowest BCUT2D eigenvalue weighted by molar-refractivity contribution is -0.0366. The van der Waals surface area contributed by atoms with Gasteiger partial charge >= 0.3 is 0 Å². The molecule has 1 unspecified atom stereocenters. The molecule has 1 saturated heterocycles. The summed E-state index contributed by atoms with van der Waals surface area (Å²) < 4.78 is 7.68. The second-order valence-corrected chi connectivity index (χ2v) is 5.30. The maximum absolute atomic E-state index is 11.7. The van der Waals surface area contributed by atoms with Crippen LogP contribution in [0.4, 0.5) is 0 Å². The molecule has 1 aliphatic rings. The summed E-state index contributed by atoms with van der Waals surface area (Å²) in [4.78, 5) is 11.7. The summed E-state index contributed by atoms with van der Waals surface area (Å²) in [5, 5.41) is 5.75. The first kappa shape index (κ1) is 12.8. The second kappa shape index (κ2) is 5.43. The highest BCUT2D eigenvalue weighted by atomic mass is 79.9. The number of hydrogen-bond acceptors (Lipinski definition) is 3. The molecule has 1 aromatic carbocycles. The molecular formula is C14H15BrN2O2. The zero-order valence-electron chi connectivity index (χ0n) is 10.5. The molecule has 4 nitrogen and oxygen atoms in total. The molecule has 0 N–H and O–H groups in total. The molecule has 0 aliphatic carbocycles. The molecule has 0 bridgehead atoms. The van der Waals surface area contributed by atoms with Crippen LogP contribution < -0.4 is 0 Å². The quantitative estimate of drug-likeness (QED) is 0.643. The Balaban J connectivity index is 1.97. The smallest absolute Gasteiger partial charge is 0.173 e. The standard InChI is InChI=1S/C14H15BrN2O2/c15-8-13(18)10-4-5-12-11(7-10)9-16-17(12)14-3-1-2-6-19-14/h4-5,7,9,14H,1-3,6,8H2.